The zero-order chi connectivity index (χ0) is 29.0. The number of aromatic nitrogens is 3. The molecule has 0 N–H and O–H groups in total. The van der Waals surface area contributed by atoms with Crippen LogP contribution in [0.2, 0.25) is 0 Å². The lowest BCUT2D eigenvalue weighted by atomic mass is 10.0. The van der Waals surface area contributed by atoms with Crippen molar-refractivity contribution in [3.8, 4) is 33.6 Å². The number of benzene rings is 6. The van der Waals surface area contributed by atoms with Crippen molar-refractivity contribution in [2.45, 2.75) is 0 Å². The second-order valence-electron chi connectivity index (χ2n) is 11.3. The molecule has 0 fully saturated rings. The van der Waals surface area contributed by atoms with Crippen LogP contribution in [-0.2, 0) is 0 Å². The van der Waals surface area contributed by atoms with Gasteiger partial charge in [-0.05, 0) is 89.0 Å². The molecule has 3 aromatic heterocycles. The van der Waals surface area contributed by atoms with Crippen molar-refractivity contribution >= 4 is 43.7 Å². The Morgan fingerprint density at radius 2 is 0.864 bits per heavy atom. The first-order valence-electron chi connectivity index (χ1n) is 15.0. The maximum Gasteiger partial charge on any atom is 0.0963 e. The van der Waals surface area contributed by atoms with Gasteiger partial charge in [-0.2, -0.15) is 0 Å². The lowest BCUT2D eigenvalue weighted by molar-refractivity contribution is 1.18. The zero-order valence-electron chi connectivity index (χ0n) is 23.9. The summed E-state index contributed by atoms with van der Waals surface area (Å²) in [6.07, 6.45) is 1.89. The highest BCUT2D eigenvalue weighted by Gasteiger charge is 2.16. The van der Waals surface area contributed by atoms with Gasteiger partial charge >= 0.3 is 0 Å². The van der Waals surface area contributed by atoms with Gasteiger partial charge < -0.3 is 9.13 Å². The van der Waals surface area contributed by atoms with E-state index in [1.165, 1.54) is 49.7 Å². The lowest BCUT2D eigenvalue weighted by Gasteiger charge is -2.10. The van der Waals surface area contributed by atoms with Gasteiger partial charge in [0.25, 0.3) is 0 Å². The molecular weight excluding hydrogens is 534 g/mol. The van der Waals surface area contributed by atoms with Crippen LogP contribution in [0.5, 0.6) is 0 Å². The predicted molar refractivity (Wildman–Crippen MR) is 184 cm³/mol. The largest absolute Gasteiger partial charge is 0.309 e. The molecule has 0 atom stereocenters. The van der Waals surface area contributed by atoms with E-state index in [4.69, 9.17) is 4.98 Å². The van der Waals surface area contributed by atoms with E-state index in [2.05, 4.69) is 161 Å². The standard InChI is InChI=1S/C41H27N3/c1-3-10-28(11-4-1)29-17-21-33(22-18-29)44-39-24-20-31(27-36(39)41-40(44)16-9-25-42-41)30-19-23-38-35(26-30)34-14-7-8-15-37(34)43(38)32-12-5-2-6-13-32/h1-27H. The van der Waals surface area contributed by atoms with Crippen LogP contribution in [0, 0.1) is 0 Å². The fraction of sp³-hybridized carbons (Fsp3) is 0. The first kappa shape index (κ1) is 24.6. The number of para-hydroxylation sites is 2. The van der Waals surface area contributed by atoms with E-state index in [1.807, 2.05) is 12.3 Å². The second kappa shape index (κ2) is 9.82. The Balaban J connectivity index is 1.20. The Kier molecular flexibility index (Phi) is 5.50. The maximum atomic E-state index is 4.86. The van der Waals surface area contributed by atoms with Crippen LogP contribution in [0.25, 0.3) is 77.4 Å². The van der Waals surface area contributed by atoms with E-state index in [-0.39, 0.29) is 0 Å². The molecule has 0 bridgehead atoms. The molecule has 0 radical (unpaired) electrons. The molecule has 0 aliphatic rings. The summed E-state index contributed by atoms with van der Waals surface area (Å²) < 4.78 is 4.69. The van der Waals surface area contributed by atoms with Crippen molar-refractivity contribution in [2.75, 3.05) is 0 Å². The molecule has 9 rings (SSSR count). The quantitative estimate of drug-likeness (QED) is 0.210. The molecule has 0 spiro atoms. The average Bonchev–Trinajstić information content (AvgIpc) is 3.61. The molecule has 6 aromatic carbocycles. The van der Waals surface area contributed by atoms with Gasteiger partial charge in [0.1, 0.15) is 0 Å². The molecule has 0 saturated carbocycles. The highest BCUT2D eigenvalue weighted by Crippen LogP contribution is 2.38. The van der Waals surface area contributed by atoms with E-state index >= 15 is 0 Å². The summed E-state index contributed by atoms with van der Waals surface area (Å²) in [6, 6.07) is 56.5. The lowest BCUT2D eigenvalue weighted by Crippen LogP contribution is -1.94. The van der Waals surface area contributed by atoms with Gasteiger partial charge in [0.15, 0.2) is 0 Å². The van der Waals surface area contributed by atoms with E-state index in [9.17, 15) is 0 Å². The van der Waals surface area contributed by atoms with Crippen LogP contribution >= 0.6 is 0 Å². The smallest absolute Gasteiger partial charge is 0.0963 e. The third kappa shape index (κ3) is 3.80. The summed E-state index contributed by atoms with van der Waals surface area (Å²) in [4.78, 5) is 4.86. The molecule has 9 aromatic rings. The molecule has 206 valence electrons. The predicted octanol–water partition coefficient (Wildman–Crippen LogP) is 10.6. The monoisotopic (exact) mass is 561 g/mol. The summed E-state index contributed by atoms with van der Waals surface area (Å²) in [5.74, 6) is 0. The van der Waals surface area contributed by atoms with Gasteiger partial charge in [-0.25, -0.2) is 0 Å². The third-order valence-electron chi connectivity index (χ3n) is 8.77. The third-order valence-corrected chi connectivity index (χ3v) is 8.77. The van der Waals surface area contributed by atoms with Gasteiger partial charge in [-0.1, -0.05) is 91.0 Å². The Hall–Kier alpha value is -5.93. The molecule has 0 aliphatic carbocycles. The minimum Gasteiger partial charge on any atom is -0.309 e. The Morgan fingerprint density at radius 1 is 0.341 bits per heavy atom. The highest BCUT2D eigenvalue weighted by atomic mass is 15.0. The summed E-state index contributed by atoms with van der Waals surface area (Å²) >= 11 is 0. The number of nitrogens with zero attached hydrogens (tertiary/aromatic N) is 3. The first-order chi connectivity index (χ1) is 21.8. The Morgan fingerprint density at radius 3 is 1.64 bits per heavy atom. The van der Waals surface area contributed by atoms with Crippen LogP contribution in [0.3, 0.4) is 0 Å². The fourth-order valence-electron chi connectivity index (χ4n) is 6.73. The molecule has 0 amide bonds. The van der Waals surface area contributed by atoms with Crippen LogP contribution in [-0.4, -0.2) is 14.1 Å². The van der Waals surface area contributed by atoms with Crippen LogP contribution < -0.4 is 0 Å². The van der Waals surface area contributed by atoms with Crippen molar-refractivity contribution < 1.29 is 0 Å². The molecule has 0 saturated heterocycles. The topological polar surface area (TPSA) is 22.8 Å². The van der Waals surface area contributed by atoms with Gasteiger partial charge in [0, 0.05) is 33.7 Å². The van der Waals surface area contributed by atoms with E-state index in [1.54, 1.807) is 0 Å². The average molecular weight is 562 g/mol. The second-order valence-corrected chi connectivity index (χ2v) is 11.3. The molecule has 3 heteroatoms. The van der Waals surface area contributed by atoms with Crippen molar-refractivity contribution in [3.63, 3.8) is 0 Å². The molecule has 3 heterocycles. The number of hydrogen-bond donors (Lipinski definition) is 0. The maximum absolute atomic E-state index is 4.86. The van der Waals surface area contributed by atoms with Crippen molar-refractivity contribution in [1.29, 1.82) is 0 Å². The first-order valence-corrected chi connectivity index (χ1v) is 15.0. The van der Waals surface area contributed by atoms with Gasteiger partial charge in [-0.3, -0.25) is 4.98 Å². The number of pyridine rings is 1. The van der Waals surface area contributed by atoms with Crippen molar-refractivity contribution in [1.82, 2.24) is 14.1 Å². The molecule has 0 aliphatic heterocycles. The highest BCUT2D eigenvalue weighted by molar-refractivity contribution is 6.11. The van der Waals surface area contributed by atoms with Crippen LogP contribution in [0.15, 0.2) is 164 Å². The molecule has 3 nitrogen and oxygen atoms in total. The number of hydrogen-bond acceptors (Lipinski definition) is 1. The minimum atomic E-state index is 1.01. The van der Waals surface area contributed by atoms with Crippen molar-refractivity contribution in [2.24, 2.45) is 0 Å². The summed E-state index contributed by atoms with van der Waals surface area (Å²) in [6.45, 7) is 0. The van der Waals surface area contributed by atoms with Gasteiger partial charge in [0.05, 0.1) is 27.6 Å². The van der Waals surface area contributed by atoms with Crippen molar-refractivity contribution in [3.05, 3.63) is 164 Å². The summed E-state index contributed by atoms with van der Waals surface area (Å²) in [5, 5.41) is 3.66. The zero-order valence-corrected chi connectivity index (χ0v) is 23.9. The Labute approximate surface area is 254 Å². The van der Waals surface area contributed by atoms with Crippen LogP contribution in [0.1, 0.15) is 0 Å². The summed E-state index contributed by atoms with van der Waals surface area (Å²) in [7, 11) is 0. The minimum absolute atomic E-state index is 1.01. The number of fused-ring (bicyclic) bond motifs is 6. The van der Waals surface area contributed by atoms with E-state index in [0.29, 0.717) is 0 Å². The molecular formula is C41H27N3. The SMILES string of the molecule is c1ccc(-c2ccc(-n3c4ccc(-c5ccc6c(c5)c5ccccc5n6-c5ccccc5)cc4c4ncccc43)cc2)cc1. The normalized spacial score (nSPS) is 11.6. The van der Waals surface area contributed by atoms with E-state index < -0.39 is 0 Å². The Bertz CT molecular complexity index is 2470. The molecule has 0 unspecified atom stereocenters. The number of rotatable bonds is 4. The molecule has 44 heavy (non-hydrogen) atoms. The van der Waals surface area contributed by atoms with Gasteiger partial charge in [-0.15, -0.1) is 0 Å². The fourth-order valence-corrected chi connectivity index (χ4v) is 6.73. The van der Waals surface area contributed by atoms with Crippen LogP contribution in [0.4, 0.5) is 0 Å². The summed E-state index contributed by atoms with van der Waals surface area (Å²) in [5.41, 5.74) is 12.8. The van der Waals surface area contributed by atoms with Gasteiger partial charge in [0.2, 0.25) is 0 Å². The van der Waals surface area contributed by atoms with E-state index in [0.717, 1.165) is 27.6 Å².